The number of aliphatic carboxylic acids is 1. The number of ketones is 1. The lowest BCUT2D eigenvalue weighted by Crippen LogP contribution is -2.56. The molecule has 4 atom stereocenters. The number of Topliss-reactive ketones (excluding diaryl/α,β-unsaturated/α-hetero) is 1. The van der Waals surface area contributed by atoms with Gasteiger partial charge in [-0.2, -0.15) is 0 Å². The van der Waals surface area contributed by atoms with E-state index in [1.165, 1.54) is 0 Å². The molecule has 2 N–H and O–H groups in total. The van der Waals surface area contributed by atoms with E-state index in [0.29, 0.717) is 32.1 Å². The van der Waals surface area contributed by atoms with E-state index in [9.17, 15) is 23.5 Å². The molecular weight excluding hydrogens is 382 g/mol. The van der Waals surface area contributed by atoms with Crippen LogP contribution in [0.3, 0.4) is 0 Å². The number of alkyl halides is 2. The van der Waals surface area contributed by atoms with Crippen molar-refractivity contribution in [2.75, 3.05) is 0 Å². The minimum Gasteiger partial charge on any atom is -0.481 e. The fourth-order valence-corrected chi connectivity index (χ4v) is 4.92. The molecule has 168 valence electrons. The number of rotatable bonds is 12. The first-order valence-corrected chi connectivity index (χ1v) is 11.2. The highest BCUT2D eigenvalue weighted by Crippen LogP contribution is 2.50. The number of carboxylic acid groups (broad SMARTS) is 1. The highest BCUT2D eigenvalue weighted by Gasteiger charge is 2.60. The number of fused-ring (bicyclic) bond motifs is 1. The summed E-state index contributed by atoms with van der Waals surface area (Å²) in [5.74, 6) is -7.05. The minimum atomic E-state index is -3.33. The van der Waals surface area contributed by atoms with Gasteiger partial charge in [-0.3, -0.25) is 9.59 Å². The summed E-state index contributed by atoms with van der Waals surface area (Å²) in [5, 5.41) is 19.3. The highest BCUT2D eigenvalue weighted by atomic mass is 19.3. The molecule has 0 radical (unpaired) electrons. The molecule has 29 heavy (non-hydrogen) atoms. The largest absolute Gasteiger partial charge is 0.481 e. The number of ether oxygens (including phenoxy) is 1. The number of unbranched alkanes of at least 4 members (excludes halogenated alkanes) is 3. The zero-order valence-electron chi connectivity index (χ0n) is 17.7. The second-order valence-corrected chi connectivity index (χ2v) is 8.86. The third-order valence-electron chi connectivity index (χ3n) is 6.90. The second-order valence-electron chi connectivity index (χ2n) is 8.86. The maximum absolute atomic E-state index is 14.8. The molecule has 1 saturated carbocycles. The topological polar surface area (TPSA) is 83.8 Å². The van der Waals surface area contributed by atoms with Gasteiger partial charge in [0.2, 0.25) is 5.79 Å². The minimum absolute atomic E-state index is 0.0399. The van der Waals surface area contributed by atoms with Crippen molar-refractivity contribution in [3.05, 3.63) is 0 Å². The van der Waals surface area contributed by atoms with E-state index in [1.807, 2.05) is 13.8 Å². The Labute approximate surface area is 172 Å². The lowest BCUT2D eigenvalue weighted by molar-refractivity contribution is -0.358. The van der Waals surface area contributed by atoms with Crippen LogP contribution in [-0.2, 0) is 14.3 Å². The van der Waals surface area contributed by atoms with Gasteiger partial charge in [-0.15, -0.1) is 0 Å². The van der Waals surface area contributed by atoms with Gasteiger partial charge in [-0.25, -0.2) is 8.78 Å². The predicted octanol–water partition coefficient (Wildman–Crippen LogP) is 4.95. The zero-order valence-corrected chi connectivity index (χ0v) is 17.7. The molecule has 0 spiro atoms. The molecule has 0 aromatic heterocycles. The van der Waals surface area contributed by atoms with E-state index >= 15 is 0 Å². The molecule has 1 aliphatic carbocycles. The Morgan fingerprint density at radius 2 is 1.90 bits per heavy atom. The van der Waals surface area contributed by atoms with Crippen molar-refractivity contribution in [1.29, 1.82) is 0 Å². The van der Waals surface area contributed by atoms with Crippen LogP contribution in [-0.4, -0.2) is 39.8 Å². The summed E-state index contributed by atoms with van der Waals surface area (Å²) in [6.45, 7) is 3.74. The van der Waals surface area contributed by atoms with E-state index in [0.717, 1.165) is 19.3 Å². The molecule has 2 fully saturated rings. The number of aliphatic hydroxyl groups is 1. The molecule has 1 aliphatic heterocycles. The number of carbonyl (C=O) groups is 2. The van der Waals surface area contributed by atoms with Crippen LogP contribution >= 0.6 is 0 Å². The zero-order chi connectivity index (χ0) is 21.7. The van der Waals surface area contributed by atoms with Crippen LogP contribution in [0.1, 0.15) is 90.9 Å². The van der Waals surface area contributed by atoms with Crippen LogP contribution in [0.15, 0.2) is 0 Å². The Morgan fingerprint density at radius 1 is 1.24 bits per heavy atom. The summed E-state index contributed by atoms with van der Waals surface area (Å²) >= 11 is 0. The van der Waals surface area contributed by atoms with E-state index < -0.39 is 30.2 Å². The fraction of sp³-hybridized carbons (Fsp3) is 0.909. The third-order valence-corrected chi connectivity index (χ3v) is 6.90. The summed E-state index contributed by atoms with van der Waals surface area (Å²) < 4.78 is 35.2. The molecule has 0 aromatic rings. The van der Waals surface area contributed by atoms with Crippen LogP contribution in [0.2, 0.25) is 0 Å². The Hall–Kier alpha value is -1.08. The molecule has 0 aromatic carbocycles. The Morgan fingerprint density at radius 3 is 2.52 bits per heavy atom. The first kappa shape index (κ1) is 24.2. The van der Waals surface area contributed by atoms with Gasteiger partial charge < -0.3 is 14.9 Å². The van der Waals surface area contributed by atoms with Crippen molar-refractivity contribution in [1.82, 2.24) is 0 Å². The molecule has 2 aliphatic rings. The summed E-state index contributed by atoms with van der Waals surface area (Å²) in [5.41, 5.74) is 0. The van der Waals surface area contributed by atoms with Gasteiger partial charge in [0.1, 0.15) is 5.78 Å². The van der Waals surface area contributed by atoms with Crippen molar-refractivity contribution in [3.8, 4) is 0 Å². The van der Waals surface area contributed by atoms with E-state index in [1.54, 1.807) is 0 Å². The monoisotopic (exact) mass is 418 g/mol. The average Bonchev–Trinajstić information content (AvgIpc) is 2.96. The maximum Gasteiger partial charge on any atom is 0.303 e. The summed E-state index contributed by atoms with van der Waals surface area (Å²) in [6, 6.07) is 0. The van der Waals surface area contributed by atoms with Gasteiger partial charge >= 0.3 is 11.9 Å². The van der Waals surface area contributed by atoms with Gasteiger partial charge in [-0.05, 0) is 31.1 Å². The van der Waals surface area contributed by atoms with Crippen LogP contribution in [0, 0.1) is 17.8 Å². The number of carbonyl (C=O) groups excluding carboxylic acids is 1. The lowest BCUT2D eigenvalue weighted by atomic mass is 9.80. The van der Waals surface area contributed by atoms with Crippen LogP contribution in [0.4, 0.5) is 8.78 Å². The standard InChI is InChI=1S/C22H36F2O5/c1-3-15(4-2)14-21(23,24)22(28)12-11-17-16(18(25)13-19(17)29-22)9-7-5-6-8-10-20(26)27/h15-17,19,28H,3-14H2,1-2H3,(H,26,27)/t16-,17-,19-,22?/m1/s1. The second kappa shape index (κ2) is 10.3. The van der Waals surface area contributed by atoms with Crippen molar-refractivity contribution in [2.24, 2.45) is 17.8 Å². The summed E-state index contributed by atoms with van der Waals surface area (Å²) in [6.07, 6.45) is 4.47. The van der Waals surface area contributed by atoms with Crippen molar-refractivity contribution in [2.45, 2.75) is 109 Å². The molecular formula is C22H36F2O5. The van der Waals surface area contributed by atoms with Crippen molar-refractivity contribution in [3.63, 3.8) is 0 Å². The molecule has 2 rings (SSSR count). The van der Waals surface area contributed by atoms with Crippen molar-refractivity contribution < 1.29 is 33.3 Å². The molecule has 5 nitrogen and oxygen atoms in total. The van der Waals surface area contributed by atoms with E-state index in [-0.39, 0.29) is 42.8 Å². The Kier molecular flexibility index (Phi) is 8.59. The maximum atomic E-state index is 14.8. The fourth-order valence-electron chi connectivity index (χ4n) is 4.92. The van der Waals surface area contributed by atoms with E-state index in [2.05, 4.69) is 0 Å². The number of hydrogen-bond acceptors (Lipinski definition) is 4. The van der Waals surface area contributed by atoms with Gasteiger partial charge in [0.15, 0.2) is 0 Å². The van der Waals surface area contributed by atoms with Gasteiger partial charge in [-0.1, -0.05) is 46.0 Å². The highest BCUT2D eigenvalue weighted by molar-refractivity contribution is 5.84. The molecule has 1 saturated heterocycles. The quantitative estimate of drug-likeness (QED) is 0.438. The first-order chi connectivity index (χ1) is 13.6. The van der Waals surface area contributed by atoms with Gasteiger partial charge in [0.25, 0.3) is 0 Å². The molecule has 0 amide bonds. The average molecular weight is 419 g/mol. The van der Waals surface area contributed by atoms with Crippen LogP contribution < -0.4 is 0 Å². The molecule has 1 heterocycles. The SMILES string of the molecule is CCC(CC)CC(F)(F)C1(O)CC[C@H]2[C@@H](CC(=O)[C@@H]2CCCCCCC(=O)O)O1. The smallest absolute Gasteiger partial charge is 0.303 e. The summed E-state index contributed by atoms with van der Waals surface area (Å²) in [4.78, 5) is 23.0. The van der Waals surface area contributed by atoms with Gasteiger partial charge in [0, 0.05) is 31.6 Å². The molecule has 1 unspecified atom stereocenters. The van der Waals surface area contributed by atoms with E-state index in [4.69, 9.17) is 9.84 Å². The van der Waals surface area contributed by atoms with Crippen LogP contribution in [0.5, 0.6) is 0 Å². The summed E-state index contributed by atoms with van der Waals surface area (Å²) in [7, 11) is 0. The molecule has 7 heteroatoms. The molecule has 0 bridgehead atoms. The normalized spacial score (nSPS) is 30.0. The Bertz CT molecular complexity index is 563. The first-order valence-electron chi connectivity index (χ1n) is 11.2. The third kappa shape index (κ3) is 5.97. The van der Waals surface area contributed by atoms with Crippen molar-refractivity contribution >= 4 is 11.8 Å². The lowest BCUT2D eigenvalue weighted by Gasteiger charge is -2.44. The van der Waals surface area contributed by atoms with Crippen LogP contribution in [0.25, 0.3) is 0 Å². The Balaban J connectivity index is 1.88. The number of carboxylic acids is 1. The number of hydrogen-bond donors (Lipinski definition) is 2. The predicted molar refractivity (Wildman–Crippen MR) is 105 cm³/mol. The van der Waals surface area contributed by atoms with Gasteiger partial charge in [0.05, 0.1) is 6.10 Å². The number of halogens is 2.